The van der Waals surface area contributed by atoms with Gasteiger partial charge in [0.2, 0.25) is 5.91 Å². The Bertz CT molecular complexity index is 467. The summed E-state index contributed by atoms with van der Waals surface area (Å²) in [4.78, 5) is 11.4. The van der Waals surface area contributed by atoms with Crippen molar-refractivity contribution in [2.24, 2.45) is 0 Å². The van der Waals surface area contributed by atoms with Gasteiger partial charge in [-0.1, -0.05) is 0 Å². The zero-order valence-corrected chi connectivity index (χ0v) is 12.3. The van der Waals surface area contributed by atoms with Gasteiger partial charge in [-0.3, -0.25) is 4.79 Å². The summed E-state index contributed by atoms with van der Waals surface area (Å²) in [5, 5.41) is 5.34. The summed E-state index contributed by atoms with van der Waals surface area (Å²) >= 11 is 3.04. The quantitative estimate of drug-likeness (QED) is 0.772. The van der Waals surface area contributed by atoms with Crippen LogP contribution in [0, 0.1) is 0 Å². The average Bonchev–Trinajstić information content (AvgIpc) is 2.36. The second-order valence-electron chi connectivity index (χ2n) is 3.89. The van der Waals surface area contributed by atoms with Crippen molar-refractivity contribution in [2.75, 3.05) is 32.1 Å². The predicted octanol–water partition coefficient (Wildman–Crippen LogP) is 2.64. The summed E-state index contributed by atoms with van der Waals surface area (Å²) in [5.41, 5.74) is -0.334. The number of benzene rings is 1. The van der Waals surface area contributed by atoms with Crippen molar-refractivity contribution in [3.8, 4) is 0 Å². The van der Waals surface area contributed by atoms with Gasteiger partial charge in [-0.05, 0) is 34.1 Å². The summed E-state index contributed by atoms with van der Waals surface area (Å²) in [6, 6.07) is 3.19. The minimum absolute atomic E-state index is 0.0340. The van der Waals surface area contributed by atoms with Crippen molar-refractivity contribution < 1.29 is 22.7 Å². The first-order chi connectivity index (χ1) is 9.34. The molecule has 8 heteroatoms. The number of carbonyl (C=O) groups is 1. The van der Waals surface area contributed by atoms with Crippen molar-refractivity contribution in [3.63, 3.8) is 0 Å². The molecule has 0 aromatic heterocycles. The van der Waals surface area contributed by atoms with E-state index in [1.807, 2.05) is 0 Å². The number of hydrogen-bond acceptors (Lipinski definition) is 3. The molecule has 1 rings (SSSR count). The SMILES string of the molecule is COCCNC(=O)CNc1ccc(C(F)(F)F)cc1Br. The minimum Gasteiger partial charge on any atom is -0.383 e. The van der Waals surface area contributed by atoms with E-state index in [0.29, 0.717) is 18.8 Å². The van der Waals surface area contributed by atoms with Crippen LogP contribution in [-0.2, 0) is 15.7 Å². The Morgan fingerprint density at radius 3 is 2.65 bits per heavy atom. The molecule has 1 amide bonds. The number of ether oxygens (including phenoxy) is 1. The van der Waals surface area contributed by atoms with E-state index in [1.165, 1.54) is 13.2 Å². The van der Waals surface area contributed by atoms with Crippen molar-refractivity contribution in [1.82, 2.24) is 5.32 Å². The van der Waals surface area contributed by atoms with E-state index in [2.05, 4.69) is 26.6 Å². The first kappa shape index (κ1) is 16.8. The van der Waals surface area contributed by atoms with Crippen LogP contribution in [0.4, 0.5) is 18.9 Å². The largest absolute Gasteiger partial charge is 0.416 e. The summed E-state index contributed by atoms with van der Waals surface area (Å²) in [7, 11) is 1.52. The average molecular weight is 355 g/mol. The number of anilines is 1. The maximum atomic E-state index is 12.5. The molecule has 4 nitrogen and oxygen atoms in total. The lowest BCUT2D eigenvalue weighted by Gasteiger charge is -2.12. The Morgan fingerprint density at radius 1 is 1.40 bits per heavy atom. The lowest BCUT2D eigenvalue weighted by Crippen LogP contribution is -2.32. The van der Waals surface area contributed by atoms with Crippen LogP contribution in [0.15, 0.2) is 22.7 Å². The molecular weight excluding hydrogens is 341 g/mol. The number of methoxy groups -OCH3 is 1. The Morgan fingerprint density at radius 2 is 2.10 bits per heavy atom. The Hall–Kier alpha value is -1.28. The fourth-order valence-corrected chi connectivity index (χ4v) is 1.88. The number of halogens is 4. The molecule has 0 radical (unpaired) electrons. The summed E-state index contributed by atoms with van der Waals surface area (Å²) in [6.07, 6.45) is -4.39. The molecule has 0 unspecified atom stereocenters. The Labute approximate surface area is 122 Å². The zero-order valence-electron chi connectivity index (χ0n) is 10.7. The van der Waals surface area contributed by atoms with Gasteiger partial charge in [0.1, 0.15) is 0 Å². The number of hydrogen-bond donors (Lipinski definition) is 2. The van der Waals surface area contributed by atoms with Crippen molar-refractivity contribution in [2.45, 2.75) is 6.18 Å². The third kappa shape index (κ3) is 5.38. The van der Waals surface area contributed by atoms with Gasteiger partial charge in [-0.2, -0.15) is 13.2 Å². The Balaban J connectivity index is 2.55. The molecule has 112 valence electrons. The third-order valence-corrected chi connectivity index (χ3v) is 3.02. The van der Waals surface area contributed by atoms with Crippen LogP contribution >= 0.6 is 15.9 Å². The van der Waals surface area contributed by atoms with Gasteiger partial charge in [0, 0.05) is 23.8 Å². The molecule has 0 atom stereocenters. The third-order valence-electron chi connectivity index (χ3n) is 2.36. The van der Waals surface area contributed by atoms with E-state index < -0.39 is 11.7 Å². The second-order valence-corrected chi connectivity index (χ2v) is 4.74. The predicted molar refractivity (Wildman–Crippen MR) is 72.5 cm³/mol. The van der Waals surface area contributed by atoms with Gasteiger partial charge >= 0.3 is 6.18 Å². The highest BCUT2D eigenvalue weighted by molar-refractivity contribution is 9.10. The first-order valence-corrected chi connectivity index (χ1v) is 6.50. The van der Waals surface area contributed by atoms with Gasteiger partial charge in [0.25, 0.3) is 0 Å². The molecule has 0 fully saturated rings. The van der Waals surface area contributed by atoms with E-state index in [9.17, 15) is 18.0 Å². The standard InChI is InChI=1S/C12H14BrF3N2O2/c1-20-5-4-17-11(19)7-18-10-3-2-8(6-9(10)13)12(14,15)16/h2-3,6,18H,4-5,7H2,1H3,(H,17,19). The molecule has 0 spiro atoms. The molecule has 2 N–H and O–H groups in total. The van der Waals surface area contributed by atoms with E-state index in [4.69, 9.17) is 4.74 Å². The number of rotatable bonds is 6. The summed E-state index contributed by atoms with van der Waals surface area (Å²) in [6.45, 7) is 0.745. The normalized spacial score (nSPS) is 11.2. The highest BCUT2D eigenvalue weighted by atomic mass is 79.9. The second kappa shape index (κ2) is 7.49. The highest BCUT2D eigenvalue weighted by Gasteiger charge is 2.30. The lowest BCUT2D eigenvalue weighted by atomic mass is 10.2. The molecule has 20 heavy (non-hydrogen) atoms. The first-order valence-electron chi connectivity index (χ1n) is 5.71. The van der Waals surface area contributed by atoms with Crippen molar-refractivity contribution in [1.29, 1.82) is 0 Å². The van der Waals surface area contributed by atoms with Crippen LogP contribution in [0.2, 0.25) is 0 Å². The van der Waals surface area contributed by atoms with Gasteiger partial charge in [0.05, 0.1) is 18.7 Å². The molecule has 0 aliphatic rings. The van der Waals surface area contributed by atoms with E-state index in [0.717, 1.165) is 12.1 Å². The highest BCUT2D eigenvalue weighted by Crippen LogP contribution is 2.33. The molecule has 0 aliphatic heterocycles. The van der Waals surface area contributed by atoms with E-state index >= 15 is 0 Å². The van der Waals surface area contributed by atoms with E-state index in [1.54, 1.807) is 0 Å². The number of carbonyl (C=O) groups excluding carboxylic acids is 1. The molecule has 0 bridgehead atoms. The van der Waals surface area contributed by atoms with Crippen LogP contribution in [0.3, 0.4) is 0 Å². The van der Waals surface area contributed by atoms with Gasteiger partial charge in [-0.15, -0.1) is 0 Å². The lowest BCUT2D eigenvalue weighted by molar-refractivity contribution is -0.137. The molecule has 1 aromatic carbocycles. The van der Waals surface area contributed by atoms with Crippen LogP contribution < -0.4 is 10.6 Å². The monoisotopic (exact) mass is 354 g/mol. The van der Waals surface area contributed by atoms with Gasteiger partial charge in [0.15, 0.2) is 0 Å². The maximum Gasteiger partial charge on any atom is 0.416 e. The zero-order chi connectivity index (χ0) is 15.2. The minimum atomic E-state index is -4.39. The smallest absolute Gasteiger partial charge is 0.383 e. The van der Waals surface area contributed by atoms with Crippen LogP contribution in [-0.4, -0.2) is 32.7 Å². The molecular formula is C12H14BrF3N2O2. The summed E-state index contributed by atoms with van der Waals surface area (Å²) in [5.74, 6) is -0.270. The molecule has 1 aromatic rings. The van der Waals surface area contributed by atoms with Crippen LogP contribution in [0.25, 0.3) is 0 Å². The van der Waals surface area contributed by atoms with E-state index in [-0.39, 0.29) is 16.9 Å². The molecule has 0 saturated heterocycles. The Kier molecular flexibility index (Phi) is 6.28. The maximum absolute atomic E-state index is 12.5. The fraction of sp³-hybridized carbons (Fsp3) is 0.417. The van der Waals surface area contributed by atoms with Crippen LogP contribution in [0.5, 0.6) is 0 Å². The van der Waals surface area contributed by atoms with Gasteiger partial charge in [-0.25, -0.2) is 0 Å². The molecule has 0 heterocycles. The van der Waals surface area contributed by atoms with Crippen molar-refractivity contribution >= 4 is 27.5 Å². The number of nitrogens with one attached hydrogen (secondary N) is 2. The summed E-state index contributed by atoms with van der Waals surface area (Å²) < 4.78 is 42.4. The topological polar surface area (TPSA) is 50.4 Å². The number of amides is 1. The fourth-order valence-electron chi connectivity index (χ4n) is 1.37. The van der Waals surface area contributed by atoms with Crippen LogP contribution in [0.1, 0.15) is 5.56 Å². The number of alkyl halides is 3. The van der Waals surface area contributed by atoms with Crippen molar-refractivity contribution in [3.05, 3.63) is 28.2 Å². The molecule has 0 saturated carbocycles. The van der Waals surface area contributed by atoms with Gasteiger partial charge < -0.3 is 15.4 Å². The molecule has 0 aliphatic carbocycles.